The molecule has 0 saturated heterocycles. The van der Waals surface area contributed by atoms with E-state index in [4.69, 9.17) is 9.36 Å². The molecule has 22 heavy (non-hydrogen) atoms. The minimum Gasteiger partial charge on any atom is -0.383 e. The van der Waals surface area contributed by atoms with E-state index in [2.05, 4.69) is 10.3 Å². The van der Waals surface area contributed by atoms with Gasteiger partial charge in [0, 0.05) is 18.1 Å². The first-order valence-corrected chi connectivity index (χ1v) is 7.20. The Morgan fingerprint density at radius 3 is 2.27 bits per heavy atom. The highest BCUT2D eigenvalue weighted by Gasteiger charge is 2.27. The fourth-order valence-electron chi connectivity index (χ4n) is 2.52. The van der Waals surface area contributed by atoms with E-state index < -0.39 is 0 Å². The van der Waals surface area contributed by atoms with Gasteiger partial charge < -0.3 is 9.36 Å². The summed E-state index contributed by atoms with van der Waals surface area (Å²) in [6.45, 7) is 0. The Labute approximate surface area is 128 Å². The van der Waals surface area contributed by atoms with Crippen LogP contribution in [0, 0.1) is 0 Å². The summed E-state index contributed by atoms with van der Waals surface area (Å²) in [4.78, 5) is 5.51. The molecule has 0 radical (unpaired) electrons. The number of hydrogen-bond acceptors (Lipinski definition) is 4. The van der Waals surface area contributed by atoms with Gasteiger partial charge in [-0.05, 0) is 5.56 Å². The van der Waals surface area contributed by atoms with Crippen LogP contribution in [0.3, 0.4) is 0 Å². The average molecular weight is 290 g/mol. The van der Waals surface area contributed by atoms with Crippen molar-refractivity contribution in [1.82, 2.24) is 5.16 Å². The third-order valence-corrected chi connectivity index (χ3v) is 3.69. The zero-order valence-electron chi connectivity index (χ0n) is 11.8. The van der Waals surface area contributed by atoms with Crippen LogP contribution >= 0.6 is 0 Å². The first kappa shape index (κ1) is 12.8. The molecule has 1 aromatic heterocycles. The molecule has 4 heteroatoms. The van der Waals surface area contributed by atoms with Crippen LogP contribution in [-0.2, 0) is 4.84 Å². The number of rotatable bonds is 3. The first-order valence-electron chi connectivity index (χ1n) is 7.20. The van der Waals surface area contributed by atoms with Gasteiger partial charge in [0.05, 0.1) is 5.71 Å². The molecule has 0 spiro atoms. The highest BCUT2D eigenvalue weighted by atomic mass is 16.7. The van der Waals surface area contributed by atoms with Crippen molar-refractivity contribution in [3.8, 4) is 11.3 Å². The molecule has 0 fully saturated rings. The number of aromatic nitrogens is 1. The number of benzene rings is 2. The zero-order valence-corrected chi connectivity index (χ0v) is 11.8. The summed E-state index contributed by atoms with van der Waals surface area (Å²) in [6.07, 6.45) is 0.480. The standard InChI is InChI=1S/C18H14N2O2/c1-3-7-13(8-4-1)15-11-17(21-19-15)18-12-16(20-22-18)14-9-5-2-6-10-14/h1-11,18H,12H2. The van der Waals surface area contributed by atoms with Crippen LogP contribution in [0.5, 0.6) is 0 Å². The van der Waals surface area contributed by atoms with Crippen molar-refractivity contribution in [3.63, 3.8) is 0 Å². The summed E-state index contributed by atoms with van der Waals surface area (Å²) < 4.78 is 5.44. The summed E-state index contributed by atoms with van der Waals surface area (Å²) in [6, 6.07) is 21.9. The van der Waals surface area contributed by atoms with Crippen LogP contribution in [-0.4, -0.2) is 10.9 Å². The van der Waals surface area contributed by atoms with E-state index >= 15 is 0 Å². The van der Waals surface area contributed by atoms with Gasteiger partial charge in [-0.25, -0.2) is 0 Å². The third-order valence-electron chi connectivity index (χ3n) is 3.69. The number of nitrogens with zero attached hydrogens (tertiary/aromatic N) is 2. The second-order valence-electron chi connectivity index (χ2n) is 5.18. The molecule has 0 saturated carbocycles. The van der Waals surface area contributed by atoms with Gasteiger partial charge in [-0.1, -0.05) is 71.0 Å². The van der Waals surface area contributed by atoms with Gasteiger partial charge in [-0.2, -0.15) is 0 Å². The summed E-state index contributed by atoms with van der Waals surface area (Å²) in [5.41, 5.74) is 3.85. The second kappa shape index (κ2) is 5.48. The Bertz CT molecular complexity index is 794. The van der Waals surface area contributed by atoms with Crippen molar-refractivity contribution >= 4 is 5.71 Å². The predicted octanol–water partition coefficient (Wildman–Crippen LogP) is 4.21. The van der Waals surface area contributed by atoms with E-state index in [-0.39, 0.29) is 6.10 Å². The molecule has 4 rings (SSSR count). The van der Waals surface area contributed by atoms with E-state index in [1.165, 1.54) is 0 Å². The molecule has 4 nitrogen and oxygen atoms in total. The SMILES string of the molecule is c1ccc(C2=NOC(c3cc(-c4ccccc4)no3)C2)cc1. The van der Waals surface area contributed by atoms with Crippen LogP contribution in [0.25, 0.3) is 11.3 Å². The third kappa shape index (κ3) is 2.39. The van der Waals surface area contributed by atoms with E-state index in [1.807, 2.05) is 66.7 Å². The minimum absolute atomic E-state index is 0.208. The van der Waals surface area contributed by atoms with Crippen molar-refractivity contribution in [3.05, 3.63) is 78.1 Å². The molecule has 0 bridgehead atoms. The largest absolute Gasteiger partial charge is 0.383 e. The van der Waals surface area contributed by atoms with E-state index in [1.54, 1.807) is 0 Å². The van der Waals surface area contributed by atoms with Crippen LogP contribution in [0.2, 0.25) is 0 Å². The molecule has 1 aliphatic rings. The highest BCUT2D eigenvalue weighted by Crippen LogP contribution is 2.31. The molecule has 108 valence electrons. The Hall–Kier alpha value is -2.88. The van der Waals surface area contributed by atoms with Gasteiger partial charge in [0.25, 0.3) is 0 Å². The molecule has 1 aliphatic heterocycles. The molecular formula is C18H14N2O2. The van der Waals surface area contributed by atoms with Crippen LogP contribution in [0.4, 0.5) is 0 Å². The monoisotopic (exact) mass is 290 g/mol. The van der Waals surface area contributed by atoms with Crippen LogP contribution in [0.15, 0.2) is 76.4 Å². The highest BCUT2D eigenvalue weighted by molar-refractivity contribution is 6.01. The molecule has 3 aromatic rings. The van der Waals surface area contributed by atoms with E-state index in [0.29, 0.717) is 12.2 Å². The Morgan fingerprint density at radius 2 is 1.55 bits per heavy atom. The Balaban J connectivity index is 1.52. The number of hydrogen-bond donors (Lipinski definition) is 0. The maximum absolute atomic E-state index is 5.51. The average Bonchev–Trinajstić information content (AvgIpc) is 3.26. The van der Waals surface area contributed by atoms with Gasteiger partial charge in [0.15, 0.2) is 11.9 Å². The fourth-order valence-corrected chi connectivity index (χ4v) is 2.52. The van der Waals surface area contributed by atoms with Gasteiger partial charge >= 0.3 is 0 Å². The van der Waals surface area contributed by atoms with E-state index in [0.717, 1.165) is 22.5 Å². The van der Waals surface area contributed by atoms with Crippen molar-refractivity contribution in [2.24, 2.45) is 5.16 Å². The van der Waals surface area contributed by atoms with Crippen molar-refractivity contribution < 1.29 is 9.36 Å². The maximum atomic E-state index is 5.51. The summed E-state index contributed by atoms with van der Waals surface area (Å²) in [5.74, 6) is 0.702. The Kier molecular flexibility index (Phi) is 3.20. The molecule has 0 amide bonds. The van der Waals surface area contributed by atoms with Crippen molar-refractivity contribution in [2.45, 2.75) is 12.5 Å². The molecule has 1 unspecified atom stereocenters. The quantitative estimate of drug-likeness (QED) is 0.726. The lowest BCUT2D eigenvalue weighted by atomic mass is 10.0. The summed E-state index contributed by atoms with van der Waals surface area (Å²) >= 11 is 0. The summed E-state index contributed by atoms with van der Waals surface area (Å²) in [7, 11) is 0. The molecule has 0 N–H and O–H groups in total. The topological polar surface area (TPSA) is 47.6 Å². The zero-order chi connectivity index (χ0) is 14.8. The lowest BCUT2D eigenvalue weighted by Crippen LogP contribution is -2.00. The van der Waals surface area contributed by atoms with Gasteiger partial charge in [0.1, 0.15) is 5.69 Å². The normalized spacial score (nSPS) is 17.1. The molecule has 0 aliphatic carbocycles. The van der Waals surface area contributed by atoms with E-state index in [9.17, 15) is 0 Å². The van der Waals surface area contributed by atoms with Crippen LogP contribution in [0.1, 0.15) is 23.8 Å². The fraction of sp³-hybridized carbons (Fsp3) is 0.111. The van der Waals surface area contributed by atoms with Gasteiger partial charge in [-0.3, -0.25) is 0 Å². The molecule has 2 heterocycles. The van der Waals surface area contributed by atoms with Crippen molar-refractivity contribution in [1.29, 1.82) is 0 Å². The van der Waals surface area contributed by atoms with Gasteiger partial charge in [-0.15, -0.1) is 0 Å². The molecule has 2 aromatic carbocycles. The lowest BCUT2D eigenvalue weighted by molar-refractivity contribution is 0.0639. The van der Waals surface area contributed by atoms with Crippen LogP contribution < -0.4 is 0 Å². The smallest absolute Gasteiger partial charge is 0.193 e. The van der Waals surface area contributed by atoms with Gasteiger partial charge in [0.2, 0.25) is 0 Å². The summed E-state index contributed by atoms with van der Waals surface area (Å²) in [5, 5.41) is 8.30. The molecule has 1 atom stereocenters. The molecular weight excluding hydrogens is 276 g/mol. The second-order valence-corrected chi connectivity index (χ2v) is 5.18. The number of oxime groups is 1. The predicted molar refractivity (Wildman–Crippen MR) is 83.4 cm³/mol. The minimum atomic E-state index is -0.208. The first-order chi connectivity index (χ1) is 10.9. The maximum Gasteiger partial charge on any atom is 0.193 e. The Morgan fingerprint density at radius 1 is 0.864 bits per heavy atom. The lowest BCUT2D eigenvalue weighted by Gasteiger charge is -2.02. The van der Waals surface area contributed by atoms with Crippen molar-refractivity contribution in [2.75, 3.05) is 0 Å².